The van der Waals surface area contributed by atoms with Crippen molar-refractivity contribution in [2.24, 2.45) is 7.05 Å². The number of aliphatic hydroxyl groups excluding tert-OH is 1. The maximum absolute atomic E-state index is 12.4. The average Bonchev–Trinajstić information content (AvgIpc) is 3.23. The highest BCUT2D eigenvalue weighted by molar-refractivity contribution is 7.16. The van der Waals surface area contributed by atoms with Crippen molar-refractivity contribution in [1.29, 1.82) is 0 Å². The number of fused-ring (bicyclic) bond motifs is 2. The molecule has 1 atom stereocenters. The van der Waals surface area contributed by atoms with E-state index in [1.54, 1.807) is 11.6 Å². The topological polar surface area (TPSA) is 67.2 Å². The molecular weight excluding hydrogens is 334 g/mol. The van der Waals surface area contributed by atoms with Gasteiger partial charge in [-0.3, -0.25) is 4.79 Å². The van der Waals surface area contributed by atoms with Gasteiger partial charge in [0.05, 0.1) is 21.8 Å². The minimum Gasteiger partial charge on any atom is -0.386 e. The third-order valence-electron chi connectivity index (χ3n) is 4.34. The third kappa shape index (κ3) is 2.90. The molecule has 0 spiro atoms. The Kier molecular flexibility index (Phi) is 3.99. The Hall–Kier alpha value is -2.70. The Labute approximate surface area is 148 Å². The van der Waals surface area contributed by atoms with Gasteiger partial charge < -0.3 is 15.0 Å². The van der Waals surface area contributed by atoms with Crippen molar-refractivity contribution in [2.45, 2.75) is 6.10 Å². The van der Waals surface area contributed by atoms with Crippen LogP contribution in [0.3, 0.4) is 0 Å². The molecular formula is C19H17N3O2S. The first-order chi connectivity index (χ1) is 12.1. The average molecular weight is 351 g/mol. The van der Waals surface area contributed by atoms with Crippen molar-refractivity contribution in [2.75, 3.05) is 6.54 Å². The predicted octanol–water partition coefficient (Wildman–Crippen LogP) is 3.25. The maximum Gasteiger partial charge on any atom is 0.251 e. The molecule has 0 aliphatic carbocycles. The first-order valence-corrected chi connectivity index (χ1v) is 8.85. The summed E-state index contributed by atoms with van der Waals surface area (Å²) in [6.45, 7) is 0.160. The number of carbonyl (C=O) groups excluding carboxylic acids is 1. The van der Waals surface area contributed by atoms with Crippen LogP contribution in [0, 0.1) is 0 Å². The molecule has 2 heterocycles. The number of hydrogen-bond donors (Lipinski definition) is 2. The zero-order valence-corrected chi connectivity index (χ0v) is 14.5. The van der Waals surface area contributed by atoms with Crippen molar-refractivity contribution in [3.8, 4) is 0 Å². The van der Waals surface area contributed by atoms with Crippen LogP contribution >= 0.6 is 11.3 Å². The predicted molar refractivity (Wildman–Crippen MR) is 99.8 cm³/mol. The van der Waals surface area contributed by atoms with Crippen LogP contribution in [0.25, 0.3) is 21.1 Å². The number of carbonyl (C=O) groups is 1. The first-order valence-electron chi connectivity index (χ1n) is 7.97. The molecule has 0 aliphatic heterocycles. The first kappa shape index (κ1) is 15.8. The number of aromatic nitrogens is 2. The molecule has 25 heavy (non-hydrogen) atoms. The Morgan fingerprint density at radius 3 is 3.04 bits per heavy atom. The summed E-state index contributed by atoms with van der Waals surface area (Å²) in [5.74, 6) is -0.199. The van der Waals surface area contributed by atoms with Gasteiger partial charge in [0.1, 0.15) is 0 Å². The number of amides is 1. The fraction of sp³-hybridized carbons (Fsp3) is 0.158. The van der Waals surface area contributed by atoms with Crippen molar-refractivity contribution in [3.05, 3.63) is 65.3 Å². The lowest BCUT2D eigenvalue weighted by molar-refractivity contribution is 0.0917. The molecule has 2 N–H and O–H groups in total. The minimum absolute atomic E-state index is 0.160. The fourth-order valence-corrected chi connectivity index (χ4v) is 3.75. The van der Waals surface area contributed by atoms with Gasteiger partial charge in [-0.1, -0.05) is 18.2 Å². The number of aliphatic hydroxyl groups is 1. The monoisotopic (exact) mass is 351 g/mol. The molecule has 0 aliphatic rings. The van der Waals surface area contributed by atoms with Crippen molar-refractivity contribution < 1.29 is 9.90 Å². The van der Waals surface area contributed by atoms with Crippen LogP contribution in [0.5, 0.6) is 0 Å². The summed E-state index contributed by atoms with van der Waals surface area (Å²) < 4.78 is 2.95. The van der Waals surface area contributed by atoms with Gasteiger partial charge in [0.25, 0.3) is 5.91 Å². The van der Waals surface area contributed by atoms with Gasteiger partial charge in [0, 0.05) is 41.8 Å². The van der Waals surface area contributed by atoms with Crippen molar-refractivity contribution >= 4 is 38.4 Å². The summed E-state index contributed by atoms with van der Waals surface area (Å²) in [4.78, 5) is 16.6. The maximum atomic E-state index is 12.4. The molecule has 0 saturated heterocycles. The summed E-state index contributed by atoms with van der Waals surface area (Å²) in [6.07, 6.45) is 1.15. The van der Waals surface area contributed by atoms with Crippen molar-refractivity contribution in [3.63, 3.8) is 0 Å². The van der Waals surface area contributed by atoms with Crippen LogP contribution in [0.1, 0.15) is 22.0 Å². The van der Waals surface area contributed by atoms with Gasteiger partial charge in [0.15, 0.2) is 0 Å². The van der Waals surface area contributed by atoms with E-state index in [1.165, 1.54) is 11.3 Å². The number of hydrogen-bond acceptors (Lipinski definition) is 4. The van der Waals surface area contributed by atoms with Gasteiger partial charge in [-0.25, -0.2) is 4.98 Å². The highest BCUT2D eigenvalue weighted by Crippen LogP contribution is 2.25. The second-order valence-corrected chi connectivity index (χ2v) is 6.86. The highest BCUT2D eigenvalue weighted by atomic mass is 32.1. The highest BCUT2D eigenvalue weighted by Gasteiger charge is 2.16. The van der Waals surface area contributed by atoms with E-state index in [1.807, 2.05) is 54.2 Å². The zero-order chi connectivity index (χ0) is 17.4. The molecule has 0 unspecified atom stereocenters. The standard InChI is InChI=1S/C19H17N3O2S/c1-22-10-14(13-4-2-3-5-16(13)22)17(23)9-20-19(24)12-6-7-15-18(8-12)25-11-21-15/h2-8,10-11,17,23H,9H2,1H3,(H,20,24)/t17-/m1/s1. The molecule has 0 radical (unpaired) electrons. The van der Waals surface area contributed by atoms with E-state index in [0.29, 0.717) is 5.56 Å². The van der Waals surface area contributed by atoms with Crippen LogP contribution in [-0.2, 0) is 7.05 Å². The summed E-state index contributed by atoms with van der Waals surface area (Å²) in [6, 6.07) is 13.3. The van der Waals surface area contributed by atoms with Crippen molar-refractivity contribution in [1.82, 2.24) is 14.9 Å². The van der Waals surface area contributed by atoms with Crippen LogP contribution in [0.15, 0.2) is 54.2 Å². The minimum atomic E-state index is -0.762. The Morgan fingerprint density at radius 1 is 1.32 bits per heavy atom. The lowest BCUT2D eigenvalue weighted by atomic mass is 10.1. The summed E-state index contributed by atoms with van der Waals surface area (Å²) in [5, 5.41) is 14.3. The number of para-hydroxylation sites is 1. The largest absolute Gasteiger partial charge is 0.386 e. The SMILES string of the molecule is Cn1cc([C@H](O)CNC(=O)c2ccc3ncsc3c2)c2ccccc21. The van der Waals surface area contributed by atoms with E-state index in [9.17, 15) is 9.90 Å². The number of nitrogens with zero attached hydrogens (tertiary/aromatic N) is 2. The number of thiazole rings is 1. The molecule has 4 rings (SSSR count). The molecule has 126 valence electrons. The van der Waals surface area contributed by atoms with Gasteiger partial charge in [0.2, 0.25) is 0 Å². The van der Waals surface area contributed by atoms with E-state index in [4.69, 9.17) is 0 Å². The normalized spacial score (nSPS) is 12.6. The molecule has 4 aromatic rings. The van der Waals surface area contributed by atoms with Crippen LogP contribution in [-0.4, -0.2) is 27.1 Å². The third-order valence-corrected chi connectivity index (χ3v) is 5.13. The molecule has 1 amide bonds. The molecule has 0 bridgehead atoms. The molecule has 0 fully saturated rings. The van der Waals surface area contributed by atoms with E-state index in [-0.39, 0.29) is 12.5 Å². The molecule has 2 aromatic carbocycles. The lowest BCUT2D eigenvalue weighted by Crippen LogP contribution is -2.28. The molecule has 6 heteroatoms. The Balaban J connectivity index is 1.50. The van der Waals surface area contributed by atoms with Crippen LogP contribution in [0.4, 0.5) is 0 Å². The zero-order valence-electron chi connectivity index (χ0n) is 13.6. The van der Waals surface area contributed by atoms with Crippen LogP contribution in [0.2, 0.25) is 0 Å². The van der Waals surface area contributed by atoms with Gasteiger partial charge in [-0.2, -0.15) is 0 Å². The lowest BCUT2D eigenvalue weighted by Gasteiger charge is -2.11. The van der Waals surface area contributed by atoms with Crippen LogP contribution < -0.4 is 5.32 Å². The molecule has 2 aromatic heterocycles. The van der Waals surface area contributed by atoms with E-state index >= 15 is 0 Å². The summed E-state index contributed by atoms with van der Waals surface area (Å²) in [7, 11) is 1.95. The van der Waals surface area contributed by atoms with Gasteiger partial charge in [-0.15, -0.1) is 11.3 Å². The second-order valence-electron chi connectivity index (χ2n) is 5.97. The molecule has 0 saturated carbocycles. The second kappa shape index (κ2) is 6.31. The van der Waals surface area contributed by atoms with E-state index < -0.39 is 6.10 Å². The smallest absolute Gasteiger partial charge is 0.251 e. The van der Waals surface area contributed by atoms with E-state index in [0.717, 1.165) is 26.7 Å². The Morgan fingerprint density at radius 2 is 2.16 bits per heavy atom. The number of rotatable bonds is 4. The van der Waals surface area contributed by atoms with E-state index in [2.05, 4.69) is 10.3 Å². The Bertz CT molecular complexity index is 1070. The number of aryl methyl sites for hydroxylation is 1. The molecule has 5 nitrogen and oxygen atoms in total. The van der Waals surface area contributed by atoms with Gasteiger partial charge in [-0.05, 0) is 24.3 Å². The number of nitrogens with one attached hydrogen (secondary N) is 1. The quantitative estimate of drug-likeness (QED) is 0.593. The fourth-order valence-electron chi connectivity index (χ4n) is 3.04. The summed E-state index contributed by atoms with van der Waals surface area (Å²) in [5.41, 5.74) is 5.09. The number of benzene rings is 2. The van der Waals surface area contributed by atoms with Gasteiger partial charge >= 0.3 is 0 Å². The summed E-state index contributed by atoms with van der Waals surface area (Å²) >= 11 is 1.50.